The highest BCUT2D eigenvalue weighted by molar-refractivity contribution is 6.33. The van der Waals surface area contributed by atoms with E-state index >= 15 is 0 Å². The molecule has 0 radical (unpaired) electrons. The molecule has 1 fully saturated rings. The first kappa shape index (κ1) is 20.7. The second-order valence-corrected chi connectivity index (χ2v) is 7.86. The van der Waals surface area contributed by atoms with Gasteiger partial charge in [0.05, 0.1) is 22.7 Å². The molecule has 0 atom stereocenters. The summed E-state index contributed by atoms with van der Waals surface area (Å²) in [6, 6.07) is 2.75. The Bertz CT molecular complexity index is 796. The number of nitrogens with zero attached hydrogens (tertiary/aromatic N) is 1. The Morgan fingerprint density at radius 1 is 1.25 bits per heavy atom. The van der Waals surface area contributed by atoms with Gasteiger partial charge in [0.1, 0.15) is 5.84 Å². The fraction of sp³-hybridized carbons (Fsp3) is 0.500. The predicted octanol–water partition coefficient (Wildman–Crippen LogP) is 4.60. The van der Waals surface area contributed by atoms with E-state index < -0.39 is 17.6 Å². The van der Waals surface area contributed by atoms with Crippen molar-refractivity contribution < 1.29 is 18.0 Å². The van der Waals surface area contributed by atoms with Gasteiger partial charge < -0.3 is 10.6 Å². The van der Waals surface area contributed by atoms with Gasteiger partial charge in [0.15, 0.2) is 0 Å². The molecule has 0 saturated heterocycles. The zero-order chi connectivity index (χ0) is 20.3. The number of hydrogen-bond acceptors (Lipinski definition) is 3. The number of halogens is 4. The summed E-state index contributed by atoms with van der Waals surface area (Å²) in [6.07, 6.45) is 0.979. The third kappa shape index (κ3) is 5.28. The van der Waals surface area contributed by atoms with Crippen LogP contribution in [0.1, 0.15) is 48.5 Å². The van der Waals surface area contributed by atoms with Crippen molar-refractivity contribution in [3.8, 4) is 0 Å². The second kappa shape index (κ2) is 8.55. The lowest BCUT2D eigenvalue weighted by atomic mass is 9.86. The summed E-state index contributed by atoms with van der Waals surface area (Å²) in [5.41, 5.74) is 0.222. The fourth-order valence-corrected chi connectivity index (χ4v) is 3.74. The van der Waals surface area contributed by atoms with Gasteiger partial charge >= 0.3 is 6.18 Å². The summed E-state index contributed by atoms with van der Waals surface area (Å²) >= 11 is 5.94. The van der Waals surface area contributed by atoms with Gasteiger partial charge in [-0.25, -0.2) is 0 Å². The van der Waals surface area contributed by atoms with Crippen molar-refractivity contribution >= 4 is 23.3 Å². The maximum Gasteiger partial charge on any atom is 0.416 e. The molecule has 1 aliphatic carbocycles. The van der Waals surface area contributed by atoms with Crippen LogP contribution in [0.15, 0.2) is 34.8 Å². The van der Waals surface area contributed by atoms with Crippen molar-refractivity contribution in [2.45, 2.75) is 44.8 Å². The molecule has 2 aliphatic rings. The van der Waals surface area contributed by atoms with Gasteiger partial charge in [-0.15, -0.1) is 0 Å². The van der Waals surface area contributed by atoms with Gasteiger partial charge in [0.2, 0.25) is 0 Å². The largest absolute Gasteiger partial charge is 0.416 e. The van der Waals surface area contributed by atoms with Crippen molar-refractivity contribution in [3.63, 3.8) is 0 Å². The summed E-state index contributed by atoms with van der Waals surface area (Å²) < 4.78 is 38.6. The molecular weight excluding hydrogens is 391 g/mol. The van der Waals surface area contributed by atoms with Crippen molar-refractivity contribution in [2.75, 3.05) is 13.1 Å². The highest BCUT2D eigenvalue weighted by Gasteiger charge is 2.32. The molecule has 1 heterocycles. The molecule has 0 aromatic heterocycles. The molecule has 28 heavy (non-hydrogen) atoms. The third-order valence-corrected chi connectivity index (χ3v) is 5.50. The molecular formula is C20H23ClF3N3O. The van der Waals surface area contributed by atoms with Crippen molar-refractivity contribution in [1.82, 2.24) is 10.6 Å². The quantitative estimate of drug-likeness (QED) is 0.758. The summed E-state index contributed by atoms with van der Waals surface area (Å²) in [4.78, 5) is 16.8. The minimum atomic E-state index is -4.51. The molecule has 1 saturated carbocycles. The van der Waals surface area contributed by atoms with Crippen molar-refractivity contribution in [1.29, 1.82) is 0 Å². The topological polar surface area (TPSA) is 53.5 Å². The Labute approximate surface area is 167 Å². The lowest BCUT2D eigenvalue weighted by Gasteiger charge is -2.29. The highest BCUT2D eigenvalue weighted by atomic mass is 35.5. The van der Waals surface area contributed by atoms with E-state index in [4.69, 9.17) is 11.6 Å². The molecule has 1 aromatic rings. The molecule has 1 amide bonds. The molecule has 1 aliphatic heterocycles. The van der Waals surface area contributed by atoms with E-state index in [1.807, 2.05) is 13.0 Å². The second-order valence-electron chi connectivity index (χ2n) is 7.46. The summed E-state index contributed by atoms with van der Waals surface area (Å²) in [7, 11) is 0. The monoisotopic (exact) mass is 413 g/mol. The first-order valence-electron chi connectivity index (χ1n) is 9.35. The number of benzene rings is 1. The maximum absolute atomic E-state index is 12.9. The van der Waals surface area contributed by atoms with Gasteiger partial charge in [-0.05, 0) is 68.4 Å². The smallest absolute Gasteiger partial charge is 0.370 e. The Kier molecular flexibility index (Phi) is 6.33. The molecule has 8 heteroatoms. The minimum Gasteiger partial charge on any atom is -0.370 e. The molecule has 0 unspecified atom stereocenters. The van der Waals surface area contributed by atoms with Crippen LogP contribution in [0, 0.1) is 5.92 Å². The van der Waals surface area contributed by atoms with E-state index in [0.717, 1.165) is 62.8 Å². The lowest BCUT2D eigenvalue weighted by molar-refractivity contribution is -0.137. The first-order valence-corrected chi connectivity index (χ1v) is 9.73. The number of hydrogen-bond donors (Lipinski definition) is 2. The van der Waals surface area contributed by atoms with Crippen LogP contribution in [0.25, 0.3) is 0 Å². The van der Waals surface area contributed by atoms with Gasteiger partial charge in [-0.2, -0.15) is 13.2 Å². The van der Waals surface area contributed by atoms with E-state index in [0.29, 0.717) is 5.92 Å². The molecule has 3 rings (SSSR count). The van der Waals surface area contributed by atoms with Crippen LogP contribution in [0.4, 0.5) is 13.2 Å². The number of carbonyl (C=O) groups excluding carboxylic acids is 1. The Morgan fingerprint density at radius 2 is 1.96 bits per heavy atom. The Hall–Kier alpha value is -2.02. The maximum atomic E-state index is 12.9. The van der Waals surface area contributed by atoms with Crippen LogP contribution in [0.5, 0.6) is 0 Å². The first-order chi connectivity index (χ1) is 13.2. The summed E-state index contributed by atoms with van der Waals surface area (Å²) in [5, 5.41) is 6.20. The molecule has 4 nitrogen and oxygen atoms in total. The SMILES string of the molecule is CC1=CC(NCC2CCC(NC(=O)c3cc(C(F)(F)F)ccc3Cl)CC2)=NC1. The van der Waals surface area contributed by atoms with Gasteiger partial charge in [0.25, 0.3) is 5.91 Å². The van der Waals surface area contributed by atoms with Gasteiger partial charge in [0, 0.05) is 12.6 Å². The molecule has 152 valence electrons. The summed E-state index contributed by atoms with van der Waals surface area (Å²) in [5.74, 6) is 0.855. The number of amides is 1. The van der Waals surface area contributed by atoms with Crippen LogP contribution < -0.4 is 10.6 Å². The van der Waals surface area contributed by atoms with Crippen LogP contribution in [0.2, 0.25) is 5.02 Å². The molecule has 2 N–H and O–H groups in total. The van der Waals surface area contributed by atoms with E-state index in [-0.39, 0.29) is 16.6 Å². The van der Waals surface area contributed by atoms with Crippen LogP contribution in [-0.2, 0) is 6.18 Å². The normalized spacial score (nSPS) is 22.5. The molecule has 0 spiro atoms. The lowest BCUT2D eigenvalue weighted by Crippen LogP contribution is -2.39. The van der Waals surface area contributed by atoms with E-state index in [2.05, 4.69) is 15.6 Å². The molecule has 1 aromatic carbocycles. The van der Waals surface area contributed by atoms with Gasteiger partial charge in [-0.3, -0.25) is 9.79 Å². The molecule has 0 bridgehead atoms. The van der Waals surface area contributed by atoms with Crippen LogP contribution >= 0.6 is 11.6 Å². The van der Waals surface area contributed by atoms with Crippen LogP contribution in [0.3, 0.4) is 0 Å². The number of carbonyl (C=O) groups is 1. The predicted molar refractivity (Wildman–Crippen MR) is 104 cm³/mol. The number of aliphatic imine (C=N–C) groups is 1. The van der Waals surface area contributed by atoms with Crippen molar-refractivity contribution in [3.05, 3.63) is 46.0 Å². The van der Waals surface area contributed by atoms with Crippen LogP contribution in [-0.4, -0.2) is 30.9 Å². The fourth-order valence-electron chi connectivity index (χ4n) is 3.54. The minimum absolute atomic E-state index is 0.0177. The van der Waals surface area contributed by atoms with E-state index in [1.54, 1.807) is 0 Å². The third-order valence-electron chi connectivity index (χ3n) is 5.17. The number of amidine groups is 1. The average Bonchev–Trinajstić information content (AvgIpc) is 3.06. The zero-order valence-electron chi connectivity index (χ0n) is 15.6. The number of rotatable bonds is 4. The Balaban J connectivity index is 1.50. The number of nitrogens with one attached hydrogen (secondary N) is 2. The van der Waals surface area contributed by atoms with Gasteiger partial charge in [-0.1, -0.05) is 11.6 Å². The van der Waals surface area contributed by atoms with Crippen molar-refractivity contribution in [2.24, 2.45) is 10.9 Å². The van der Waals surface area contributed by atoms with E-state index in [9.17, 15) is 18.0 Å². The summed E-state index contributed by atoms with van der Waals surface area (Å²) in [6.45, 7) is 3.63. The Morgan fingerprint density at radius 3 is 2.57 bits per heavy atom. The highest BCUT2D eigenvalue weighted by Crippen LogP contribution is 2.32. The average molecular weight is 414 g/mol. The standard InChI is InChI=1S/C20H23ClF3N3O/c1-12-8-18(25-10-12)26-11-13-2-5-15(6-3-13)27-19(28)16-9-14(20(22,23)24)4-7-17(16)21/h4,7-9,13,15H,2-3,5-6,10-11H2,1H3,(H,25,26)(H,27,28). The number of alkyl halides is 3. The zero-order valence-corrected chi connectivity index (χ0v) is 16.3. The van der Waals surface area contributed by atoms with E-state index in [1.165, 1.54) is 5.57 Å².